The lowest BCUT2D eigenvalue weighted by Gasteiger charge is -2.21. The van der Waals surface area contributed by atoms with E-state index >= 15 is 0 Å². The number of β-amino-alcohol motifs (C(OH)–C–C–N with tert-alkyl or cyclic N) is 1. The molecule has 1 fully saturated rings. The first-order valence-electron chi connectivity index (χ1n) is 6.31. The number of hydrogen-bond donors (Lipinski definition) is 2. The van der Waals surface area contributed by atoms with Crippen LogP contribution in [0.1, 0.15) is 17.7 Å². The predicted octanol–water partition coefficient (Wildman–Crippen LogP) is 1.18. The molecule has 2 heterocycles. The van der Waals surface area contributed by atoms with Crippen molar-refractivity contribution in [2.24, 2.45) is 0 Å². The molecule has 0 aliphatic carbocycles. The Morgan fingerprint density at radius 3 is 2.70 bits per heavy atom. The smallest absolute Gasteiger partial charge is 0.126 e. The lowest BCUT2D eigenvalue weighted by Crippen LogP contribution is -2.31. The highest BCUT2D eigenvalue weighted by Crippen LogP contribution is 2.31. The minimum absolute atomic E-state index is 0.359. The van der Waals surface area contributed by atoms with Crippen LogP contribution in [0.5, 0.6) is 0 Å². The molecule has 1 aromatic carbocycles. The Hall–Kier alpha value is -1.86. The second kappa shape index (κ2) is 4.92. The zero-order valence-corrected chi connectivity index (χ0v) is 10.7. The van der Waals surface area contributed by atoms with E-state index in [1.807, 2.05) is 4.90 Å². The van der Waals surface area contributed by atoms with Crippen LogP contribution in [-0.4, -0.2) is 38.5 Å². The predicted molar refractivity (Wildman–Crippen MR) is 66.5 cm³/mol. The van der Waals surface area contributed by atoms with Gasteiger partial charge in [-0.05, 0) is 24.1 Å². The standard InChI is InChI=1S/C13H14F2N4O/c14-10-3-9(4-11(15)5-10)7-19-2-1-13(20,8-19)12-6-16-18-17-12/h3-6,20H,1-2,7-8H2,(H,16,17,18). The van der Waals surface area contributed by atoms with Crippen LogP contribution in [-0.2, 0) is 12.1 Å². The second-order valence-corrected chi connectivity index (χ2v) is 5.13. The van der Waals surface area contributed by atoms with E-state index in [-0.39, 0.29) is 0 Å². The molecule has 1 unspecified atom stereocenters. The summed E-state index contributed by atoms with van der Waals surface area (Å²) >= 11 is 0. The van der Waals surface area contributed by atoms with Crippen LogP contribution in [0.15, 0.2) is 24.4 Å². The molecule has 1 saturated heterocycles. The molecule has 20 heavy (non-hydrogen) atoms. The molecule has 0 radical (unpaired) electrons. The molecule has 0 amide bonds. The monoisotopic (exact) mass is 280 g/mol. The van der Waals surface area contributed by atoms with Gasteiger partial charge in [-0.1, -0.05) is 0 Å². The van der Waals surface area contributed by atoms with Crippen molar-refractivity contribution in [1.82, 2.24) is 20.3 Å². The molecule has 1 aliphatic rings. The number of hydrogen-bond acceptors (Lipinski definition) is 4. The van der Waals surface area contributed by atoms with Crippen molar-refractivity contribution >= 4 is 0 Å². The fourth-order valence-corrected chi connectivity index (χ4v) is 2.60. The molecule has 7 heteroatoms. The van der Waals surface area contributed by atoms with Gasteiger partial charge in [0.25, 0.3) is 0 Å². The van der Waals surface area contributed by atoms with E-state index in [9.17, 15) is 13.9 Å². The number of likely N-dealkylation sites (tertiary alicyclic amines) is 1. The number of nitrogens with zero attached hydrogens (tertiary/aromatic N) is 3. The van der Waals surface area contributed by atoms with Crippen molar-refractivity contribution in [3.63, 3.8) is 0 Å². The Morgan fingerprint density at radius 2 is 2.05 bits per heavy atom. The normalized spacial score (nSPS) is 23.4. The van der Waals surface area contributed by atoms with Gasteiger partial charge in [-0.15, -0.1) is 0 Å². The number of H-pyrrole nitrogens is 1. The van der Waals surface area contributed by atoms with Gasteiger partial charge in [-0.3, -0.25) is 4.90 Å². The summed E-state index contributed by atoms with van der Waals surface area (Å²) in [5, 5.41) is 20.6. The van der Waals surface area contributed by atoms with Crippen LogP contribution >= 0.6 is 0 Å². The van der Waals surface area contributed by atoms with Crippen molar-refractivity contribution in [2.45, 2.75) is 18.6 Å². The zero-order valence-electron chi connectivity index (χ0n) is 10.7. The maximum atomic E-state index is 13.1. The molecule has 0 spiro atoms. The Balaban J connectivity index is 1.71. The molecule has 0 bridgehead atoms. The third kappa shape index (κ3) is 2.54. The van der Waals surface area contributed by atoms with Crippen molar-refractivity contribution in [2.75, 3.05) is 13.1 Å². The summed E-state index contributed by atoms with van der Waals surface area (Å²) in [4.78, 5) is 1.93. The van der Waals surface area contributed by atoms with Crippen LogP contribution in [0.25, 0.3) is 0 Å². The van der Waals surface area contributed by atoms with E-state index in [4.69, 9.17) is 0 Å². The second-order valence-electron chi connectivity index (χ2n) is 5.13. The first kappa shape index (κ1) is 13.1. The van der Waals surface area contributed by atoms with Gasteiger partial charge in [0.15, 0.2) is 0 Å². The minimum atomic E-state index is -1.06. The van der Waals surface area contributed by atoms with Crippen molar-refractivity contribution in [3.8, 4) is 0 Å². The molecule has 2 N–H and O–H groups in total. The number of aliphatic hydroxyl groups is 1. The maximum Gasteiger partial charge on any atom is 0.126 e. The van der Waals surface area contributed by atoms with Gasteiger partial charge in [0.1, 0.15) is 22.9 Å². The third-order valence-corrected chi connectivity index (χ3v) is 3.55. The number of aromatic amines is 1. The summed E-state index contributed by atoms with van der Waals surface area (Å²) in [6, 6.07) is 3.45. The molecule has 1 atom stereocenters. The molecular formula is C13H14F2N4O. The van der Waals surface area contributed by atoms with Gasteiger partial charge in [-0.25, -0.2) is 8.78 Å². The number of halogens is 2. The van der Waals surface area contributed by atoms with Crippen LogP contribution < -0.4 is 0 Å². The fourth-order valence-electron chi connectivity index (χ4n) is 2.60. The van der Waals surface area contributed by atoms with Crippen LogP contribution in [0.4, 0.5) is 8.78 Å². The molecule has 1 aromatic heterocycles. The molecule has 0 saturated carbocycles. The minimum Gasteiger partial charge on any atom is -0.382 e. The van der Waals surface area contributed by atoms with Gasteiger partial charge >= 0.3 is 0 Å². The van der Waals surface area contributed by atoms with E-state index in [0.29, 0.717) is 37.3 Å². The topological polar surface area (TPSA) is 65.0 Å². The average molecular weight is 280 g/mol. The van der Waals surface area contributed by atoms with Crippen molar-refractivity contribution in [1.29, 1.82) is 0 Å². The maximum absolute atomic E-state index is 13.1. The Kier molecular flexibility index (Phi) is 3.23. The third-order valence-electron chi connectivity index (χ3n) is 3.55. The fraction of sp³-hybridized carbons (Fsp3) is 0.385. The Labute approximate surface area is 114 Å². The van der Waals surface area contributed by atoms with Gasteiger partial charge in [0, 0.05) is 25.7 Å². The number of benzene rings is 1. The SMILES string of the molecule is OC1(c2cn[nH]n2)CCN(Cc2cc(F)cc(F)c2)C1. The number of nitrogens with one attached hydrogen (secondary N) is 1. The van der Waals surface area contributed by atoms with Gasteiger partial charge in [0.2, 0.25) is 0 Å². The van der Waals surface area contributed by atoms with E-state index in [1.165, 1.54) is 18.3 Å². The first-order valence-corrected chi connectivity index (χ1v) is 6.31. The molecule has 1 aliphatic heterocycles. The summed E-state index contributed by atoms with van der Waals surface area (Å²) in [5.41, 5.74) is -0.0175. The van der Waals surface area contributed by atoms with Crippen LogP contribution in [0.3, 0.4) is 0 Å². The van der Waals surface area contributed by atoms with E-state index in [2.05, 4.69) is 15.4 Å². The lowest BCUT2D eigenvalue weighted by molar-refractivity contribution is 0.0408. The van der Waals surface area contributed by atoms with Gasteiger partial charge in [-0.2, -0.15) is 15.4 Å². The first-order chi connectivity index (χ1) is 9.55. The molecular weight excluding hydrogens is 266 g/mol. The lowest BCUT2D eigenvalue weighted by atomic mass is 10.00. The highest BCUT2D eigenvalue weighted by atomic mass is 19.1. The van der Waals surface area contributed by atoms with Crippen molar-refractivity contribution < 1.29 is 13.9 Å². The highest BCUT2D eigenvalue weighted by Gasteiger charge is 2.39. The van der Waals surface area contributed by atoms with E-state index in [0.717, 1.165) is 6.07 Å². The average Bonchev–Trinajstić information content (AvgIpc) is 2.98. The number of rotatable bonds is 3. The molecule has 106 valence electrons. The summed E-state index contributed by atoms with van der Waals surface area (Å²) in [5.74, 6) is -1.18. The van der Waals surface area contributed by atoms with E-state index < -0.39 is 17.2 Å². The molecule has 2 aromatic rings. The summed E-state index contributed by atoms with van der Waals surface area (Å²) in [6.07, 6.45) is 2.00. The largest absolute Gasteiger partial charge is 0.382 e. The summed E-state index contributed by atoms with van der Waals surface area (Å²) < 4.78 is 26.3. The van der Waals surface area contributed by atoms with E-state index in [1.54, 1.807) is 0 Å². The quantitative estimate of drug-likeness (QED) is 0.886. The highest BCUT2D eigenvalue weighted by molar-refractivity contribution is 5.19. The number of aromatic nitrogens is 3. The Morgan fingerprint density at radius 1 is 1.30 bits per heavy atom. The van der Waals surface area contributed by atoms with Crippen molar-refractivity contribution in [3.05, 3.63) is 47.3 Å². The van der Waals surface area contributed by atoms with Gasteiger partial charge in [0.05, 0.1) is 6.20 Å². The zero-order chi connectivity index (χ0) is 14.2. The van der Waals surface area contributed by atoms with Crippen LogP contribution in [0.2, 0.25) is 0 Å². The summed E-state index contributed by atoms with van der Waals surface area (Å²) in [7, 11) is 0. The Bertz CT molecular complexity index is 584. The molecule has 5 nitrogen and oxygen atoms in total. The van der Waals surface area contributed by atoms with Crippen LogP contribution in [0, 0.1) is 11.6 Å². The summed E-state index contributed by atoms with van der Waals surface area (Å²) in [6.45, 7) is 1.37. The molecule has 3 rings (SSSR count). The van der Waals surface area contributed by atoms with Gasteiger partial charge < -0.3 is 5.11 Å².